The van der Waals surface area contributed by atoms with E-state index in [9.17, 15) is 19.3 Å². The van der Waals surface area contributed by atoms with Crippen molar-refractivity contribution in [2.45, 2.75) is 0 Å². The molecule has 2 rings (SSSR count). The van der Waals surface area contributed by atoms with Crippen LogP contribution in [0.3, 0.4) is 0 Å². The zero-order chi connectivity index (χ0) is 15.6. The summed E-state index contributed by atoms with van der Waals surface area (Å²) >= 11 is 3.13. The summed E-state index contributed by atoms with van der Waals surface area (Å²) in [4.78, 5) is 24.7. The van der Waals surface area contributed by atoms with Crippen molar-refractivity contribution < 1.29 is 19.2 Å². The summed E-state index contributed by atoms with van der Waals surface area (Å²) < 4.78 is 13.4. The topological polar surface area (TPSA) is 105 Å². The van der Waals surface area contributed by atoms with Crippen molar-refractivity contribution >= 4 is 39.1 Å². The highest BCUT2D eigenvalue weighted by molar-refractivity contribution is 9.10. The van der Waals surface area contributed by atoms with Gasteiger partial charge in [0.05, 0.1) is 10.6 Å². The molecular weight excluding hydrogens is 349 g/mol. The zero-order valence-corrected chi connectivity index (χ0v) is 11.8. The minimum atomic E-state index is -1.44. The first-order valence-electron chi connectivity index (χ1n) is 5.48. The molecule has 0 amide bonds. The van der Waals surface area contributed by atoms with E-state index in [-0.39, 0.29) is 5.82 Å². The largest absolute Gasteiger partial charge is 0.477 e. The first-order chi connectivity index (χ1) is 9.88. The molecule has 108 valence electrons. The van der Waals surface area contributed by atoms with Crippen LogP contribution < -0.4 is 5.32 Å². The van der Waals surface area contributed by atoms with Crippen LogP contribution in [-0.4, -0.2) is 21.0 Å². The number of anilines is 2. The molecule has 0 bridgehead atoms. The molecule has 0 radical (unpaired) electrons. The minimum Gasteiger partial charge on any atom is -0.477 e. The molecule has 0 spiro atoms. The quantitative estimate of drug-likeness (QED) is 0.643. The maximum Gasteiger partial charge on any atom is 0.342 e. The number of nitrogens with zero attached hydrogens (tertiary/aromatic N) is 2. The molecule has 21 heavy (non-hydrogen) atoms. The van der Waals surface area contributed by atoms with Crippen LogP contribution in [0.4, 0.5) is 21.6 Å². The van der Waals surface area contributed by atoms with Crippen molar-refractivity contribution in [3.05, 3.63) is 56.4 Å². The number of halogens is 2. The van der Waals surface area contributed by atoms with Crippen molar-refractivity contribution in [3.8, 4) is 0 Å². The number of hydrogen-bond donors (Lipinski definition) is 2. The van der Waals surface area contributed by atoms with Gasteiger partial charge in [-0.1, -0.05) is 0 Å². The lowest BCUT2D eigenvalue weighted by Crippen LogP contribution is -2.05. The molecule has 7 nitrogen and oxygen atoms in total. The first kappa shape index (κ1) is 14.9. The SMILES string of the molecule is O=C(O)c1cc(Nc2ccc(F)cc2Br)ncc1[N+](=O)[O-]. The summed E-state index contributed by atoms with van der Waals surface area (Å²) in [6.45, 7) is 0. The molecule has 1 aromatic carbocycles. The van der Waals surface area contributed by atoms with Gasteiger partial charge in [0.1, 0.15) is 23.4 Å². The third-order valence-electron chi connectivity index (χ3n) is 2.50. The molecule has 0 unspecified atom stereocenters. The van der Waals surface area contributed by atoms with Crippen molar-refractivity contribution in [1.82, 2.24) is 4.98 Å². The second-order valence-electron chi connectivity index (χ2n) is 3.90. The number of hydrogen-bond acceptors (Lipinski definition) is 5. The van der Waals surface area contributed by atoms with Crippen molar-refractivity contribution in [2.24, 2.45) is 0 Å². The van der Waals surface area contributed by atoms with Gasteiger partial charge in [-0.25, -0.2) is 14.2 Å². The summed E-state index contributed by atoms with van der Waals surface area (Å²) in [6, 6.07) is 4.88. The van der Waals surface area contributed by atoms with Gasteiger partial charge in [-0.05, 0) is 34.1 Å². The van der Waals surface area contributed by atoms with Gasteiger partial charge in [0.15, 0.2) is 0 Å². The number of carbonyl (C=O) groups is 1. The van der Waals surface area contributed by atoms with Crippen LogP contribution in [-0.2, 0) is 0 Å². The monoisotopic (exact) mass is 355 g/mol. The molecule has 0 saturated carbocycles. The molecule has 0 atom stereocenters. The van der Waals surface area contributed by atoms with Crippen molar-refractivity contribution in [3.63, 3.8) is 0 Å². The van der Waals surface area contributed by atoms with Crippen LogP contribution in [0.1, 0.15) is 10.4 Å². The lowest BCUT2D eigenvalue weighted by molar-refractivity contribution is -0.385. The van der Waals surface area contributed by atoms with E-state index in [1.165, 1.54) is 18.2 Å². The Bertz CT molecular complexity index is 738. The van der Waals surface area contributed by atoms with Gasteiger partial charge >= 0.3 is 11.7 Å². The van der Waals surface area contributed by atoms with Crippen LogP contribution in [0.5, 0.6) is 0 Å². The van der Waals surface area contributed by atoms with Crippen LogP contribution in [0, 0.1) is 15.9 Å². The predicted molar refractivity (Wildman–Crippen MR) is 75.2 cm³/mol. The fourth-order valence-corrected chi connectivity index (χ4v) is 2.01. The Morgan fingerprint density at radius 3 is 2.71 bits per heavy atom. The fourth-order valence-electron chi connectivity index (χ4n) is 1.56. The van der Waals surface area contributed by atoms with Gasteiger partial charge in [-0.15, -0.1) is 0 Å². The Balaban J connectivity index is 2.39. The Hall–Kier alpha value is -2.55. The summed E-state index contributed by atoms with van der Waals surface area (Å²) in [5, 5.41) is 22.4. The lowest BCUT2D eigenvalue weighted by Gasteiger charge is -2.08. The molecule has 1 heterocycles. The molecule has 2 N–H and O–H groups in total. The van der Waals surface area contributed by atoms with Crippen molar-refractivity contribution in [1.29, 1.82) is 0 Å². The van der Waals surface area contributed by atoms with Gasteiger partial charge < -0.3 is 10.4 Å². The number of carboxylic acid groups (broad SMARTS) is 1. The van der Waals surface area contributed by atoms with Crippen LogP contribution in [0.2, 0.25) is 0 Å². The molecule has 0 aliphatic carbocycles. The van der Waals surface area contributed by atoms with Crippen LogP contribution in [0.25, 0.3) is 0 Å². The second kappa shape index (κ2) is 5.83. The van der Waals surface area contributed by atoms with Crippen molar-refractivity contribution in [2.75, 3.05) is 5.32 Å². The fraction of sp³-hybridized carbons (Fsp3) is 0. The van der Waals surface area contributed by atoms with Gasteiger partial charge in [0.25, 0.3) is 0 Å². The molecule has 1 aromatic heterocycles. The average Bonchev–Trinajstić information content (AvgIpc) is 2.41. The molecule has 0 aliphatic heterocycles. The number of carboxylic acids is 1. The average molecular weight is 356 g/mol. The van der Waals surface area contributed by atoms with E-state index in [2.05, 4.69) is 26.2 Å². The first-order valence-corrected chi connectivity index (χ1v) is 6.27. The third-order valence-corrected chi connectivity index (χ3v) is 3.16. The normalized spacial score (nSPS) is 10.2. The van der Waals surface area contributed by atoms with E-state index >= 15 is 0 Å². The molecule has 0 fully saturated rings. The summed E-state index contributed by atoms with van der Waals surface area (Å²) in [7, 11) is 0. The molecule has 2 aromatic rings. The molecule has 0 aliphatic rings. The van der Waals surface area contributed by atoms with Crippen LogP contribution >= 0.6 is 15.9 Å². The number of nitrogens with one attached hydrogen (secondary N) is 1. The second-order valence-corrected chi connectivity index (χ2v) is 4.75. The Morgan fingerprint density at radius 1 is 1.43 bits per heavy atom. The summed E-state index contributed by atoms with van der Waals surface area (Å²) in [5.74, 6) is -1.80. The highest BCUT2D eigenvalue weighted by Gasteiger charge is 2.21. The van der Waals surface area contributed by atoms with E-state index in [0.29, 0.717) is 10.2 Å². The van der Waals surface area contributed by atoms with Gasteiger partial charge in [-0.2, -0.15) is 0 Å². The smallest absolute Gasteiger partial charge is 0.342 e. The number of aromatic carboxylic acids is 1. The standard InChI is InChI=1S/C12H7BrFN3O4/c13-8-3-6(14)1-2-9(8)16-11-4-7(12(18)19)10(5-15-11)17(20)21/h1-5H,(H,15,16)(H,18,19). The molecular formula is C12H7BrFN3O4. The Morgan fingerprint density at radius 2 is 2.14 bits per heavy atom. The van der Waals surface area contributed by atoms with E-state index in [1.54, 1.807) is 0 Å². The predicted octanol–water partition coefficient (Wildman–Crippen LogP) is 3.33. The maximum absolute atomic E-state index is 13.0. The third kappa shape index (κ3) is 3.31. The zero-order valence-electron chi connectivity index (χ0n) is 10.2. The van der Waals surface area contributed by atoms with E-state index < -0.39 is 28.0 Å². The summed E-state index contributed by atoms with van der Waals surface area (Å²) in [6.07, 6.45) is 0.850. The van der Waals surface area contributed by atoms with E-state index in [4.69, 9.17) is 5.11 Å². The molecule has 9 heteroatoms. The van der Waals surface area contributed by atoms with Gasteiger partial charge in [0, 0.05) is 10.5 Å². The highest BCUT2D eigenvalue weighted by Crippen LogP contribution is 2.27. The number of rotatable bonds is 4. The lowest BCUT2D eigenvalue weighted by atomic mass is 10.2. The maximum atomic E-state index is 13.0. The van der Waals surface area contributed by atoms with E-state index in [1.807, 2.05) is 0 Å². The Kier molecular flexibility index (Phi) is 4.13. The number of pyridine rings is 1. The van der Waals surface area contributed by atoms with Crippen LogP contribution in [0.15, 0.2) is 34.9 Å². The number of benzene rings is 1. The number of aromatic nitrogens is 1. The molecule has 0 saturated heterocycles. The minimum absolute atomic E-state index is 0.0882. The van der Waals surface area contributed by atoms with Gasteiger partial charge in [-0.3, -0.25) is 10.1 Å². The number of nitro groups is 1. The van der Waals surface area contributed by atoms with Gasteiger partial charge in [0.2, 0.25) is 0 Å². The van der Waals surface area contributed by atoms with E-state index in [0.717, 1.165) is 12.3 Å². The Labute approximate surface area is 125 Å². The highest BCUT2D eigenvalue weighted by atomic mass is 79.9. The summed E-state index contributed by atoms with van der Waals surface area (Å²) in [5.41, 5.74) is -0.656.